The van der Waals surface area contributed by atoms with Crippen LogP contribution in [0.1, 0.15) is 59.3 Å². The number of carbonyl (C=O) groups excluding carboxylic acids is 1. The third-order valence-electron chi connectivity index (χ3n) is 3.76. The molecule has 3 heteroatoms. The first-order valence-corrected chi connectivity index (χ1v) is 7.10. The van der Waals surface area contributed by atoms with Gasteiger partial charge in [0.15, 0.2) is 0 Å². The van der Waals surface area contributed by atoms with E-state index in [0.717, 1.165) is 32.4 Å². The van der Waals surface area contributed by atoms with Crippen LogP contribution in [0.2, 0.25) is 0 Å². The summed E-state index contributed by atoms with van der Waals surface area (Å²) in [6.07, 6.45) is 6.93. The molecule has 1 aliphatic heterocycles. The Morgan fingerprint density at radius 1 is 1.47 bits per heavy atom. The normalized spacial score (nSPS) is 26.5. The second-order valence-corrected chi connectivity index (χ2v) is 5.71. The maximum absolute atomic E-state index is 12.2. The quantitative estimate of drug-likeness (QED) is 0.700. The molecule has 1 amide bonds. The topological polar surface area (TPSA) is 41.1 Å². The first kappa shape index (κ1) is 14.5. The summed E-state index contributed by atoms with van der Waals surface area (Å²) in [4.78, 5) is 12.2. The maximum Gasteiger partial charge on any atom is 0.227 e. The number of hydrogen-bond donors (Lipinski definition) is 2. The summed E-state index contributed by atoms with van der Waals surface area (Å²) < 4.78 is 0. The van der Waals surface area contributed by atoms with E-state index in [1.54, 1.807) is 0 Å². The average Bonchev–Trinajstić information content (AvgIpc) is 2.30. The third kappa shape index (κ3) is 4.66. The van der Waals surface area contributed by atoms with E-state index in [4.69, 9.17) is 0 Å². The lowest BCUT2D eigenvalue weighted by Gasteiger charge is -2.33. The summed E-state index contributed by atoms with van der Waals surface area (Å²) in [5.74, 6) is 0.230. The Balaban J connectivity index is 2.31. The summed E-state index contributed by atoms with van der Waals surface area (Å²) in [5, 5.41) is 6.49. The van der Waals surface area contributed by atoms with E-state index in [2.05, 4.69) is 31.4 Å². The molecule has 0 saturated carbocycles. The van der Waals surface area contributed by atoms with Gasteiger partial charge in [-0.05, 0) is 39.7 Å². The smallest absolute Gasteiger partial charge is 0.227 e. The van der Waals surface area contributed by atoms with Crippen molar-refractivity contribution in [2.45, 2.75) is 65.3 Å². The van der Waals surface area contributed by atoms with E-state index in [-0.39, 0.29) is 11.3 Å². The van der Waals surface area contributed by atoms with Gasteiger partial charge < -0.3 is 10.6 Å². The minimum Gasteiger partial charge on any atom is -0.353 e. The molecule has 100 valence electrons. The summed E-state index contributed by atoms with van der Waals surface area (Å²) in [6.45, 7) is 8.27. The van der Waals surface area contributed by atoms with E-state index in [9.17, 15) is 4.79 Å². The van der Waals surface area contributed by atoms with Gasteiger partial charge in [0.2, 0.25) is 5.91 Å². The minimum atomic E-state index is -0.197. The van der Waals surface area contributed by atoms with Crippen LogP contribution in [0.25, 0.3) is 0 Å². The number of hydrogen-bond acceptors (Lipinski definition) is 2. The molecule has 1 saturated heterocycles. The van der Waals surface area contributed by atoms with Gasteiger partial charge in [-0.1, -0.05) is 26.2 Å². The van der Waals surface area contributed by atoms with Crippen molar-refractivity contribution in [3.63, 3.8) is 0 Å². The predicted molar refractivity (Wildman–Crippen MR) is 72.0 cm³/mol. The standard InChI is InChI=1S/C14H28N2O/c1-4-5-6-8-12(2)16-13(17)14(3)9-7-10-15-11-14/h12,15H,4-11H2,1-3H3,(H,16,17). The van der Waals surface area contributed by atoms with Crippen LogP contribution in [0.4, 0.5) is 0 Å². The molecule has 0 aromatic carbocycles. The molecule has 1 heterocycles. The van der Waals surface area contributed by atoms with Crippen molar-refractivity contribution in [1.29, 1.82) is 0 Å². The SMILES string of the molecule is CCCCCC(C)NC(=O)C1(C)CCCNC1. The maximum atomic E-state index is 12.2. The van der Waals surface area contributed by atoms with Crippen LogP contribution in [0.15, 0.2) is 0 Å². The number of amides is 1. The van der Waals surface area contributed by atoms with E-state index in [1.165, 1.54) is 19.3 Å². The summed E-state index contributed by atoms with van der Waals surface area (Å²) in [7, 11) is 0. The van der Waals surface area contributed by atoms with Crippen molar-refractivity contribution in [3.8, 4) is 0 Å². The molecule has 2 unspecified atom stereocenters. The van der Waals surface area contributed by atoms with Gasteiger partial charge in [-0.25, -0.2) is 0 Å². The predicted octanol–water partition coefficient (Wildman–Crippen LogP) is 2.46. The van der Waals surface area contributed by atoms with Crippen molar-refractivity contribution in [1.82, 2.24) is 10.6 Å². The number of carbonyl (C=O) groups is 1. The van der Waals surface area contributed by atoms with Gasteiger partial charge in [0.1, 0.15) is 0 Å². The van der Waals surface area contributed by atoms with E-state index in [0.29, 0.717) is 6.04 Å². The zero-order valence-corrected chi connectivity index (χ0v) is 11.6. The summed E-state index contributed by atoms with van der Waals surface area (Å²) in [5.41, 5.74) is -0.197. The highest BCUT2D eigenvalue weighted by Gasteiger charge is 2.34. The molecular formula is C14H28N2O. The first-order chi connectivity index (χ1) is 8.08. The van der Waals surface area contributed by atoms with Crippen LogP contribution in [-0.2, 0) is 4.79 Å². The van der Waals surface area contributed by atoms with E-state index in [1.807, 2.05) is 0 Å². The lowest BCUT2D eigenvalue weighted by atomic mass is 9.81. The molecule has 0 aliphatic carbocycles. The molecule has 1 fully saturated rings. The number of nitrogens with one attached hydrogen (secondary N) is 2. The number of piperidine rings is 1. The highest BCUT2D eigenvalue weighted by molar-refractivity contribution is 5.82. The Labute approximate surface area is 106 Å². The fraction of sp³-hybridized carbons (Fsp3) is 0.929. The van der Waals surface area contributed by atoms with Crippen molar-refractivity contribution in [3.05, 3.63) is 0 Å². The van der Waals surface area contributed by atoms with Gasteiger partial charge in [0.25, 0.3) is 0 Å². The van der Waals surface area contributed by atoms with Gasteiger partial charge >= 0.3 is 0 Å². The monoisotopic (exact) mass is 240 g/mol. The lowest BCUT2D eigenvalue weighted by molar-refractivity contribution is -0.131. The Kier molecular flexibility index (Phi) is 5.96. The van der Waals surface area contributed by atoms with Crippen LogP contribution in [0, 0.1) is 5.41 Å². The Morgan fingerprint density at radius 3 is 2.82 bits per heavy atom. The minimum absolute atomic E-state index is 0.197. The molecule has 17 heavy (non-hydrogen) atoms. The Hall–Kier alpha value is -0.570. The molecule has 1 aliphatic rings. The first-order valence-electron chi connectivity index (χ1n) is 7.10. The molecule has 0 bridgehead atoms. The number of rotatable bonds is 6. The molecule has 0 aromatic heterocycles. The lowest BCUT2D eigenvalue weighted by Crippen LogP contribution is -2.50. The molecule has 2 atom stereocenters. The van der Waals surface area contributed by atoms with E-state index >= 15 is 0 Å². The van der Waals surface area contributed by atoms with Crippen molar-refractivity contribution >= 4 is 5.91 Å². The van der Waals surface area contributed by atoms with Gasteiger partial charge in [0.05, 0.1) is 5.41 Å². The third-order valence-corrected chi connectivity index (χ3v) is 3.76. The molecule has 1 rings (SSSR count). The van der Waals surface area contributed by atoms with Crippen LogP contribution < -0.4 is 10.6 Å². The molecule has 0 spiro atoms. The van der Waals surface area contributed by atoms with Gasteiger partial charge in [0, 0.05) is 12.6 Å². The van der Waals surface area contributed by atoms with Gasteiger partial charge in [-0.3, -0.25) is 4.79 Å². The fourth-order valence-corrected chi connectivity index (χ4v) is 2.42. The van der Waals surface area contributed by atoms with Gasteiger partial charge in [-0.2, -0.15) is 0 Å². The van der Waals surface area contributed by atoms with Gasteiger partial charge in [-0.15, -0.1) is 0 Å². The van der Waals surface area contributed by atoms with Crippen LogP contribution in [-0.4, -0.2) is 25.0 Å². The highest BCUT2D eigenvalue weighted by Crippen LogP contribution is 2.25. The second-order valence-electron chi connectivity index (χ2n) is 5.71. The molecule has 0 aromatic rings. The molecule has 0 radical (unpaired) electrons. The Morgan fingerprint density at radius 2 is 2.24 bits per heavy atom. The molecule has 3 nitrogen and oxygen atoms in total. The zero-order valence-electron chi connectivity index (χ0n) is 11.6. The zero-order chi connectivity index (χ0) is 12.7. The van der Waals surface area contributed by atoms with Crippen molar-refractivity contribution in [2.24, 2.45) is 5.41 Å². The number of unbranched alkanes of at least 4 members (excludes halogenated alkanes) is 2. The molecule has 2 N–H and O–H groups in total. The summed E-state index contributed by atoms with van der Waals surface area (Å²) in [6, 6.07) is 0.313. The van der Waals surface area contributed by atoms with Crippen LogP contribution in [0.5, 0.6) is 0 Å². The Bertz CT molecular complexity index is 234. The van der Waals surface area contributed by atoms with E-state index < -0.39 is 0 Å². The average molecular weight is 240 g/mol. The highest BCUT2D eigenvalue weighted by atomic mass is 16.2. The van der Waals surface area contributed by atoms with Crippen LogP contribution in [0.3, 0.4) is 0 Å². The second kappa shape index (κ2) is 7.00. The summed E-state index contributed by atoms with van der Waals surface area (Å²) >= 11 is 0. The van der Waals surface area contributed by atoms with Crippen LogP contribution >= 0.6 is 0 Å². The molecular weight excluding hydrogens is 212 g/mol. The van der Waals surface area contributed by atoms with Crippen molar-refractivity contribution < 1.29 is 4.79 Å². The fourth-order valence-electron chi connectivity index (χ4n) is 2.42. The van der Waals surface area contributed by atoms with Crippen molar-refractivity contribution in [2.75, 3.05) is 13.1 Å². The largest absolute Gasteiger partial charge is 0.353 e.